The Balaban J connectivity index is 1.63. The maximum atomic E-state index is 13.0. The minimum absolute atomic E-state index is 0.0996. The Kier molecular flexibility index (Phi) is 10.3. The van der Waals surface area contributed by atoms with E-state index in [0.717, 1.165) is 11.1 Å². The van der Waals surface area contributed by atoms with Gasteiger partial charge in [0.25, 0.3) is 0 Å². The second kappa shape index (κ2) is 13.5. The second-order valence-corrected chi connectivity index (χ2v) is 29.0. The monoisotopic (exact) mass is 694 g/mol. The van der Waals surface area contributed by atoms with Crippen molar-refractivity contribution in [3.8, 4) is 11.5 Å². The average Bonchev–Trinajstić information content (AvgIpc) is 3.53. The van der Waals surface area contributed by atoms with Crippen LogP contribution in [0.5, 0.6) is 0 Å². The Morgan fingerprint density at radius 1 is 0.957 bits per heavy atom. The fourth-order valence-corrected chi connectivity index (χ4v) is 18.8. The summed E-state index contributed by atoms with van der Waals surface area (Å²) < 4.78 is 30.5. The third kappa shape index (κ3) is 6.78. The van der Waals surface area contributed by atoms with E-state index < -0.39 is 49.1 Å². The number of anilines is 1. The molecular weight excluding hydrogens is 641 g/mol. The first-order chi connectivity index (χ1) is 22.0. The highest BCUT2D eigenvalue weighted by atomic mass is 28.5. The summed E-state index contributed by atoms with van der Waals surface area (Å²) in [5.74, 6) is 4.05. The zero-order chi connectivity index (χ0) is 34.4. The van der Waals surface area contributed by atoms with Gasteiger partial charge in [-0.05, 0) is 39.9 Å². The van der Waals surface area contributed by atoms with Crippen LogP contribution >= 0.6 is 0 Å². The highest BCUT2D eigenvalue weighted by Gasteiger charge is 2.65. The van der Waals surface area contributed by atoms with Crippen LogP contribution in [0.1, 0.15) is 72.8 Å². The molecule has 0 saturated carbocycles. The molecule has 4 heterocycles. The fraction of sp³-hybridized carbons (Fsp3) is 0.600. The smallest absolute Gasteiger partial charge is 0.335 e. The van der Waals surface area contributed by atoms with Crippen LogP contribution in [0.2, 0.25) is 41.8 Å². The average molecular weight is 695 g/mol. The van der Waals surface area contributed by atoms with Crippen LogP contribution in [-0.4, -0.2) is 69.3 Å². The van der Waals surface area contributed by atoms with Gasteiger partial charge in [-0.1, -0.05) is 111 Å². The van der Waals surface area contributed by atoms with Crippen LogP contribution in [0.25, 0.3) is 5.52 Å². The number of nitrogens with one attached hydrogen (secondary N) is 1. The largest absolute Gasteiger partial charge is 0.414 e. The lowest BCUT2D eigenvalue weighted by Crippen LogP contribution is -2.67. The minimum Gasteiger partial charge on any atom is -0.414 e. The van der Waals surface area contributed by atoms with Gasteiger partial charge < -0.3 is 28.1 Å². The summed E-state index contributed by atoms with van der Waals surface area (Å²) in [6, 6.07) is 14.1. The number of hydrogen-bond acceptors (Lipinski definition) is 8. The van der Waals surface area contributed by atoms with Crippen LogP contribution in [0, 0.1) is 11.5 Å². The standard InChI is InChI=1S/C35H54N4O5Si3/c1-24(2)46(25(3)4)41-22-31-33(43-47(44-46,26(5)6)27(7)8)35(40,19-20-45(9,10)11)32(42-31)29-17-18-30-34(37-23-38-39(29)30)36-21-28-15-13-12-14-16-28/h12-18,23-27,31-33,40H,21-22H2,1-11H3,(H,36,37,38)/t31-,32+,33-,35+/m1/s1. The van der Waals surface area contributed by atoms with Gasteiger partial charge >= 0.3 is 17.1 Å². The summed E-state index contributed by atoms with van der Waals surface area (Å²) in [6.07, 6.45) is -0.644. The van der Waals surface area contributed by atoms with Gasteiger partial charge in [-0.2, -0.15) is 5.10 Å². The van der Waals surface area contributed by atoms with Crippen molar-refractivity contribution in [2.75, 3.05) is 11.9 Å². The number of hydrogen-bond donors (Lipinski definition) is 2. The van der Waals surface area contributed by atoms with E-state index in [0.29, 0.717) is 18.1 Å². The molecule has 47 heavy (non-hydrogen) atoms. The third-order valence-corrected chi connectivity index (χ3v) is 20.6. The highest BCUT2D eigenvalue weighted by Crippen LogP contribution is 2.51. The zero-order valence-electron chi connectivity index (χ0n) is 30.0. The molecule has 2 fully saturated rings. The molecule has 12 heteroatoms. The number of aliphatic hydroxyl groups is 1. The number of ether oxygens (including phenoxy) is 1. The third-order valence-electron chi connectivity index (χ3n) is 9.49. The summed E-state index contributed by atoms with van der Waals surface area (Å²) >= 11 is 0. The van der Waals surface area contributed by atoms with Crippen molar-refractivity contribution in [2.45, 2.75) is 128 Å². The van der Waals surface area contributed by atoms with E-state index in [1.165, 1.54) is 6.33 Å². The van der Waals surface area contributed by atoms with Gasteiger partial charge in [0.1, 0.15) is 38.2 Å². The predicted molar refractivity (Wildman–Crippen MR) is 194 cm³/mol. The highest BCUT2D eigenvalue weighted by molar-refractivity contribution is 6.84. The summed E-state index contributed by atoms with van der Waals surface area (Å²) in [4.78, 5) is 4.55. The molecule has 2 N–H and O–H groups in total. The first-order valence-corrected chi connectivity index (χ1v) is 24.5. The van der Waals surface area contributed by atoms with Gasteiger partial charge in [0.05, 0.1) is 12.3 Å². The van der Waals surface area contributed by atoms with Crippen molar-refractivity contribution >= 4 is 36.5 Å². The van der Waals surface area contributed by atoms with Gasteiger partial charge in [0.15, 0.2) is 11.4 Å². The lowest BCUT2D eigenvalue weighted by atomic mass is 9.90. The summed E-state index contributed by atoms with van der Waals surface area (Å²) in [5.41, 5.74) is 5.01. The van der Waals surface area contributed by atoms with E-state index in [4.69, 9.17) is 17.7 Å². The zero-order valence-corrected chi connectivity index (χ0v) is 33.0. The van der Waals surface area contributed by atoms with Gasteiger partial charge in [0, 0.05) is 6.54 Å². The molecule has 5 rings (SSSR count). The second-order valence-electron chi connectivity index (χ2n) is 15.4. The van der Waals surface area contributed by atoms with Crippen LogP contribution < -0.4 is 5.32 Å². The minimum atomic E-state index is -3.05. The Morgan fingerprint density at radius 3 is 2.19 bits per heavy atom. The van der Waals surface area contributed by atoms with Crippen molar-refractivity contribution in [2.24, 2.45) is 0 Å². The van der Waals surface area contributed by atoms with E-state index >= 15 is 0 Å². The lowest BCUT2D eigenvalue weighted by molar-refractivity contribution is -0.0437. The molecule has 3 aromatic rings. The number of aromatic nitrogens is 3. The van der Waals surface area contributed by atoms with E-state index in [1.807, 2.05) is 30.3 Å². The van der Waals surface area contributed by atoms with E-state index in [1.54, 1.807) is 4.52 Å². The Morgan fingerprint density at radius 2 is 1.60 bits per heavy atom. The van der Waals surface area contributed by atoms with E-state index in [9.17, 15) is 5.11 Å². The molecule has 2 aromatic heterocycles. The number of rotatable bonds is 8. The lowest BCUT2D eigenvalue weighted by Gasteiger charge is -2.52. The Bertz CT molecular complexity index is 1580. The molecule has 2 saturated heterocycles. The van der Waals surface area contributed by atoms with Crippen LogP contribution in [0.4, 0.5) is 5.82 Å². The van der Waals surface area contributed by atoms with Crippen molar-refractivity contribution in [1.29, 1.82) is 0 Å². The number of fused-ring (bicyclic) bond motifs is 2. The van der Waals surface area contributed by atoms with Gasteiger partial charge in [0.2, 0.25) is 0 Å². The van der Waals surface area contributed by atoms with Crippen molar-refractivity contribution in [3.63, 3.8) is 0 Å². The van der Waals surface area contributed by atoms with E-state index in [2.05, 4.69) is 114 Å². The topological polar surface area (TPSA) is 99.4 Å². The molecule has 2 aliphatic rings. The predicted octanol–water partition coefficient (Wildman–Crippen LogP) is 7.35. The Hall–Kier alpha value is -2.35. The quantitative estimate of drug-likeness (QED) is 0.187. The number of nitrogens with zero attached hydrogens (tertiary/aromatic N) is 3. The molecule has 0 spiro atoms. The molecular formula is C35H54N4O5Si3. The van der Waals surface area contributed by atoms with Crippen LogP contribution in [0.3, 0.4) is 0 Å². The molecule has 0 amide bonds. The molecule has 2 aliphatic heterocycles. The Labute approximate surface area is 284 Å². The molecule has 1 aromatic carbocycles. The van der Waals surface area contributed by atoms with Crippen molar-refractivity contribution in [3.05, 3.63) is 60.0 Å². The van der Waals surface area contributed by atoms with Crippen LogP contribution in [0.15, 0.2) is 48.8 Å². The number of benzene rings is 1. The maximum Gasteiger partial charge on any atom is 0.335 e. The van der Waals surface area contributed by atoms with Gasteiger partial charge in [-0.15, -0.1) is 5.54 Å². The van der Waals surface area contributed by atoms with Crippen molar-refractivity contribution < 1.29 is 22.8 Å². The van der Waals surface area contributed by atoms with E-state index in [-0.39, 0.29) is 28.8 Å². The van der Waals surface area contributed by atoms with Crippen LogP contribution in [-0.2, 0) is 24.2 Å². The molecule has 0 unspecified atom stereocenters. The molecule has 0 aliphatic carbocycles. The summed E-state index contributed by atoms with van der Waals surface area (Å²) in [7, 11) is -7.78. The molecule has 0 radical (unpaired) electrons. The SMILES string of the molecule is CC(C)[Si]1(C(C)C)OC[C@H]2O[C@@H](c3ccc4c(NCc5ccccc5)ncnn34)[C@@](O)(C#C[Si](C)(C)C)[C@@H]2O[Si](C(C)C)(C(C)C)O1. The first-order valence-electron chi connectivity index (χ1n) is 17.1. The first kappa shape index (κ1) is 35.9. The molecule has 256 valence electrons. The molecule has 9 nitrogen and oxygen atoms in total. The normalized spacial score (nSPS) is 25.9. The maximum absolute atomic E-state index is 13.0. The van der Waals surface area contributed by atoms with Crippen molar-refractivity contribution in [1.82, 2.24) is 14.6 Å². The fourth-order valence-electron chi connectivity index (χ4n) is 6.99. The summed E-state index contributed by atoms with van der Waals surface area (Å²) in [6.45, 7) is 24.9. The van der Waals surface area contributed by atoms with Gasteiger partial charge in [-0.3, -0.25) is 0 Å². The molecule has 4 atom stereocenters. The van der Waals surface area contributed by atoms with Gasteiger partial charge in [-0.25, -0.2) is 9.50 Å². The summed E-state index contributed by atoms with van der Waals surface area (Å²) in [5, 5.41) is 21.1. The molecule has 0 bridgehead atoms.